The van der Waals surface area contributed by atoms with Crippen LogP contribution in [-0.4, -0.2) is 15.7 Å². The molecule has 1 atom stereocenters. The van der Waals surface area contributed by atoms with E-state index in [0.29, 0.717) is 5.69 Å². The third-order valence-corrected chi connectivity index (χ3v) is 4.57. The van der Waals surface area contributed by atoms with Crippen molar-refractivity contribution in [1.29, 1.82) is 0 Å². The Labute approximate surface area is 158 Å². The van der Waals surface area contributed by atoms with Crippen molar-refractivity contribution in [2.75, 3.05) is 5.32 Å². The molecule has 0 bridgehead atoms. The Kier molecular flexibility index (Phi) is 5.21. The van der Waals surface area contributed by atoms with Gasteiger partial charge in [-0.2, -0.15) is 5.10 Å². The Morgan fingerprint density at radius 2 is 1.63 bits per heavy atom. The van der Waals surface area contributed by atoms with Gasteiger partial charge in [0, 0.05) is 17.3 Å². The van der Waals surface area contributed by atoms with Crippen molar-refractivity contribution >= 4 is 11.6 Å². The van der Waals surface area contributed by atoms with Gasteiger partial charge in [0.2, 0.25) is 5.91 Å². The van der Waals surface area contributed by atoms with Gasteiger partial charge in [0.25, 0.3) is 5.56 Å². The molecule has 1 heterocycles. The maximum absolute atomic E-state index is 12.7. The number of hydrogen-bond acceptors (Lipinski definition) is 3. The molecule has 27 heavy (non-hydrogen) atoms. The average Bonchev–Trinajstić information content (AvgIpc) is 2.65. The molecule has 0 saturated heterocycles. The SMILES string of the molecule is Cc1ccc(-c2ccc(=O)n(C(C)C(=O)Nc3cc(C)ccc3C)n2)cc1. The molecule has 0 aliphatic carbocycles. The van der Waals surface area contributed by atoms with E-state index in [0.717, 1.165) is 27.9 Å². The highest BCUT2D eigenvalue weighted by Gasteiger charge is 2.19. The van der Waals surface area contributed by atoms with Crippen molar-refractivity contribution in [2.24, 2.45) is 0 Å². The van der Waals surface area contributed by atoms with Crippen molar-refractivity contribution in [3.8, 4) is 11.3 Å². The number of carbonyl (C=O) groups excluding carboxylic acids is 1. The zero-order valence-corrected chi connectivity index (χ0v) is 16.0. The third-order valence-electron chi connectivity index (χ3n) is 4.57. The summed E-state index contributed by atoms with van der Waals surface area (Å²) in [5.74, 6) is -0.278. The Morgan fingerprint density at radius 1 is 0.963 bits per heavy atom. The third kappa shape index (κ3) is 4.14. The molecule has 0 saturated carbocycles. The first-order valence-electron chi connectivity index (χ1n) is 8.90. The standard InChI is InChI=1S/C22H23N3O2/c1-14-6-9-18(10-7-14)19-11-12-21(26)25(24-19)17(4)22(27)23-20-13-15(2)5-8-16(20)3/h5-13,17H,1-4H3,(H,23,27). The number of hydrogen-bond donors (Lipinski definition) is 1. The highest BCUT2D eigenvalue weighted by Crippen LogP contribution is 2.19. The van der Waals surface area contributed by atoms with Gasteiger partial charge in [0.1, 0.15) is 6.04 Å². The molecular weight excluding hydrogens is 338 g/mol. The average molecular weight is 361 g/mol. The molecule has 5 nitrogen and oxygen atoms in total. The van der Waals surface area contributed by atoms with Crippen molar-refractivity contribution < 1.29 is 4.79 Å². The number of aromatic nitrogens is 2. The van der Waals surface area contributed by atoms with Gasteiger partial charge < -0.3 is 5.32 Å². The number of benzene rings is 2. The first-order valence-corrected chi connectivity index (χ1v) is 8.90. The lowest BCUT2D eigenvalue weighted by Crippen LogP contribution is -2.33. The lowest BCUT2D eigenvalue weighted by molar-refractivity contribution is -0.119. The Hall–Kier alpha value is -3.21. The molecule has 3 aromatic rings. The van der Waals surface area contributed by atoms with E-state index in [2.05, 4.69) is 10.4 Å². The first-order chi connectivity index (χ1) is 12.8. The van der Waals surface area contributed by atoms with Crippen LogP contribution in [0.5, 0.6) is 0 Å². The number of anilines is 1. The summed E-state index contributed by atoms with van der Waals surface area (Å²) in [7, 11) is 0. The summed E-state index contributed by atoms with van der Waals surface area (Å²) in [5, 5.41) is 7.32. The summed E-state index contributed by atoms with van der Waals surface area (Å²) in [6.07, 6.45) is 0. The number of nitrogens with one attached hydrogen (secondary N) is 1. The van der Waals surface area contributed by atoms with Crippen LogP contribution in [-0.2, 0) is 4.79 Å². The van der Waals surface area contributed by atoms with Crippen LogP contribution >= 0.6 is 0 Å². The maximum Gasteiger partial charge on any atom is 0.267 e. The molecule has 5 heteroatoms. The normalized spacial score (nSPS) is 11.9. The van der Waals surface area contributed by atoms with E-state index < -0.39 is 6.04 Å². The van der Waals surface area contributed by atoms with Gasteiger partial charge in [0.15, 0.2) is 0 Å². The molecule has 1 unspecified atom stereocenters. The van der Waals surface area contributed by atoms with Gasteiger partial charge in [-0.05, 0) is 51.0 Å². The van der Waals surface area contributed by atoms with Gasteiger partial charge in [0.05, 0.1) is 5.69 Å². The predicted octanol–water partition coefficient (Wildman–Crippen LogP) is 4.04. The van der Waals surface area contributed by atoms with Crippen LogP contribution < -0.4 is 10.9 Å². The van der Waals surface area contributed by atoms with Gasteiger partial charge in [-0.1, -0.05) is 42.0 Å². The van der Waals surface area contributed by atoms with Gasteiger partial charge in [-0.15, -0.1) is 0 Å². The van der Waals surface area contributed by atoms with Crippen LogP contribution in [0.2, 0.25) is 0 Å². The minimum Gasteiger partial charge on any atom is -0.324 e. The van der Waals surface area contributed by atoms with Crippen LogP contribution in [0, 0.1) is 20.8 Å². The highest BCUT2D eigenvalue weighted by molar-refractivity contribution is 5.94. The Morgan fingerprint density at radius 3 is 2.33 bits per heavy atom. The largest absolute Gasteiger partial charge is 0.324 e. The lowest BCUT2D eigenvalue weighted by atomic mass is 10.1. The molecule has 0 spiro atoms. The molecule has 0 aliphatic heterocycles. The first kappa shape index (κ1) is 18.6. The fourth-order valence-electron chi connectivity index (χ4n) is 2.80. The van der Waals surface area contributed by atoms with Crippen LogP contribution in [0.15, 0.2) is 59.4 Å². The second-order valence-corrected chi connectivity index (χ2v) is 6.85. The fourth-order valence-corrected chi connectivity index (χ4v) is 2.80. The number of amides is 1. The zero-order valence-electron chi connectivity index (χ0n) is 16.0. The number of carbonyl (C=O) groups is 1. The minimum atomic E-state index is -0.734. The van der Waals surface area contributed by atoms with Crippen LogP contribution in [0.1, 0.15) is 29.7 Å². The number of nitrogens with zero attached hydrogens (tertiary/aromatic N) is 2. The lowest BCUT2D eigenvalue weighted by Gasteiger charge is -2.16. The smallest absolute Gasteiger partial charge is 0.267 e. The summed E-state index contributed by atoms with van der Waals surface area (Å²) in [6.45, 7) is 7.59. The van der Waals surface area contributed by atoms with E-state index in [1.54, 1.807) is 13.0 Å². The monoisotopic (exact) mass is 361 g/mol. The van der Waals surface area contributed by atoms with Crippen molar-refractivity contribution in [2.45, 2.75) is 33.7 Å². The molecule has 0 radical (unpaired) electrons. The van der Waals surface area contributed by atoms with E-state index in [1.165, 1.54) is 10.7 Å². The number of aryl methyl sites for hydroxylation is 3. The van der Waals surface area contributed by atoms with Crippen LogP contribution in [0.3, 0.4) is 0 Å². The van der Waals surface area contributed by atoms with Crippen molar-refractivity contribution in [1.82, 2.24) is 9.78 Å². The molecule has 1 aromatic heterocycles. The molecular formula is C22H23N3O2. The van der Waals surface area contributed by atoms with Gasteiger partial charge in [-0.25, -0.2) is 4.68 Å². The molecule has 138 valence electrons. The fraction of sp³-hybridized carbons (Fsp3) is 0.227. The van der Waals surface area contributed by atoms with Crippen molar-refractivity contribution in [3.05, 3.63) is 81.6 Å². The summed E-state index contributed by atoms with van der Waals surface area (Å²) < 4.78 is 1.23. The minimum absolute atomic E-state index is 0.278. The van der Waals surface area contributed by atoms with Crippen LogP contribution in [0.25, 0.3) is 11.3 Å². The van der Waals surface area contributed by atoms with Gasteiger partial charge >= 0.3 is 0 Å². The molecule has 1 N–H and O–H groups in total. The number of rotatable bonds is 4. The second-order valence-electron chi connectivity index (χ2n) is 6.85. The molecule has 2 aromatic carbocycles. The molecule has 1 amide bonds. The molecule has 3 rings (SSSR count). The predicted molar refractivity (Wildman–Crippen MR) is 108 cm³/mol. The van der Waals surface area contributed by atoms with Crippen molar-refractivity contribution in [3.63, 3.8) is 0 Å². The Bertz CT molecular complexity index is 1040. The summed E-state index contributed by atoms with van der Waals surface area (Å²) in [6, 6.07) is 16.1. The summed E-state index contributed by atoms with van der Waals surface area (Å²) in [4.78, 5) is 25.0. The second kappa shape index (κ2) is 7.58. The Balaban J connectivity index is 1.89. The van der Waals surface area contributed by atoms with E-state index in [-0.39, 0.29) is 11.5 Å². The van der Waals surface area contributed by atoms with Gasteiger partial charge in [-0.3, -0.25) is 9.59 Å². The summed E-state index contributed by atoms with van der Waals surface area (Å²) >= 11 is 0. The zero-order chi connectivity index (χ0) is 19.6. The maximum atomic E-state index is 12.7. The molecule has 0 aliphatic rings. The van der Waals surface area contributed by atoms with E-state index in [4.69, 9.17) is 0 Å². The topological polar surface area (TPSA) is 64.0 Å². The van der Waals surface area contributed by atoms with Crippen LogP contribution in [0.4, 0.5) is 5.69 Å². The molecule has 0 fully saturated rings. The highest BCUT2D eigenvalue weighted by atomic mass is 16.2. The summed E-state index contributed by atoms with van der Waals surface area (Å²) in [5.41, 5.74) is 5.16. The van der Waals surface area contributed by atoms with E-state index in [1.807, 2.05) is 63.2 Å². The van der Waals surface area contributed by atoms with E-state index in [9.17, 15) is 9.59 Å². The quantitative estimate of drug-likeness (QED) is 0.763. The van der Waals surface area contributed by atoms with E-state index >= 15 is 0 Å².